The number of carbonyl (C=O) groups excluding carboxylic acids is 1. The van der Waals surface area contributed by atoms with Crippen molar-refractivity contribution in [1.82, 2.24) is 20.8 Å². The highest BCUT2D eigenvalue weighted by atomic mass is 32.2. The van der Waals surface area contributed by atoms with Crippen molar-refractivity contribution < 1.29 is 13.6 Å². The van der Waals surface area contributed by atoms with Crippen molar-refractivity contribution in [2.24, 2.45) is 5.10 Å². The molecule has 10 heteroatoms. The van der Waals surface area contributed by atoms with Gasteiger partial charge in [-0.15, -0.1) is 0 Å². The van der Waals surface area contributed by atoms with Gasteiger partial charge in [0.25, 0.3) is 0 Å². The Bertz CT molecular complexity index is 1090. The van der Waals surface area contributed by atoms with E-state index in [1.54, 1.807) is 0 Å². The van der Waals surface area contributed by atoms with Gasteiger partial charge in [0.2, 0.25) is 5.91 Å². The lowest BCUT2D eigenvalue weighted by molar-refractivity contribution is -0.113. The summed E-state index contributed by atoms with van der Waals surface area (Å²) < 4.78 is 26.8. The summed E-state index contributed by atoms with van der Waals surface area (Å²) in [6, 6.07) is 11.9. The number of carbonyl (C=O) groups is 1. The number of nitrogens with one attached hydrogen (secondary N) is 3. The Morgan fingerprint density at radius 1 is 1.22 bits per heavy atom. The largest absolute Gasteiger partial charge is 0.323 e. The van der Waals surface area contributed by atoms with E-state index in [0.29, 0.717) is 5.17 Å². The predicted octanol–water partition coefficient (Wildman–Crippen LogP) is 3.25. The van der Waals surface area contributed by atoms with Crippen molar-refractivity contribution in [2.75, 3.05) is 11.1 Å². The molecule has 0 bridgehead atoms. The highest BCUT2D eigenvalue weighted by Crippen LogP contribution is 2.35. The molecule has 1 saturated heterocycles. The van der Waals surface area contributed by atoms with E-state index in [4.69, 9.17) is 0 Å². The number of fused-ring (bicyclic) bond motifs is 3. The Labute approximate surface area is 188 Å². The number of hydrazone groups is 1. The smallest absolute Gasteiger partial charge is 0.234 e. The number of halogens is 2. The maximum absolute atomic E-state index is 13.7. The van der Waals surface area contributed by atoms with Gasteiger partial charge in [0.05, 0.1) is 23.5 Å². The van der Waals surface area contributed by atoms with Crippen LogP contribution in [0.3, 0.4) is 0 Å². The summed E-state index contributed by atoms with van der Waals surface area (Å²) in [5.41, 5.74) is 9.14. The normalized spacial score (nSPS) is 23.5. The number of thioether (sulfide) groups is 1. The SMILES string of the molecule is Cc1ccc(C2CC3C4NN=C(SCC(=O)Nc5ccc(F)cc5F)N4C=CN3N2)cc1. The van der Waals surface area contributed by atoms with Crippen LogP contribution in [0, 0.1) is 18.6 Å². The Morgan fingerprint density at radius 3 is 2.81 bits per heavy atom. The molecule has 1 fully saturated rings. The van der Waals surface area contributed by atoms with Crippen LogP contribution >= 0.6 is 11.8 Å². The molecule has 7 nitrogen and oxygen atoms in total. The monoisotopic (exact) mass is 456 g/mol. The quantitative estimate of drug-likeness (QED) is 0.656. The van der Waals surface area contributed by atoms with E-state index in [0.717, 1.165) is 18.6 Å². The van der Waals surface area contributed by atoms with Crippen LogP contribution in [0.15, 0.2) is 60.0 Å². The van der Waals surface area contributed by atoms with E-state index >= 15 is 0 Å². The van der Waals surface area contributed by atoms with Crippen LogP contribution in [0.5, 0.6) is 0 Å². The van der Waals surface area contributed by atoms with Gasteiger partial charge in [0.15, 0.2) is 5.17 Å². The zero-order chi connectivity index (χ0) is 22.2. The minimum Gasteiger partial charge on any atom is -0.323 e. The highest BCUT2D eigenvalue weighted by Gasteiger charge is 2.44. The maximum atomic E-state index is 13.7. The minimum atomic E-state index is -0.806. The van der Waals surface area contributed by atoms with Gasteiger partial charge in [-0.3, -0.25) is 10.2 Å². The van der Waals surface area contributed by atoms with Crippen LogP contribution in [-0.4, -0.2) is 38.9 Å². The number of amidine groups is 1. The number of amides is 1. The van der Waals surface area contributed by atoms with E-state index in [2.05, 4.69) is 57.5 Å². The second-order valence-electron chi connectivity index (χ2n) is 7.94. The molecule has 3 aliphatic rings. The molecule has 32 heavy (non-hydrogen) atoms. The predicted molar refractivity (Wildman–Crippen MR) is 120 cm³/mol. The summed E-state index contributed by atoms with van der Waals surface area (Å²) in [6.45, 7) is 2.07. The third kappa shape index (κ3) is 4.03. The van der Waals surface area contributed by atoms with Crippen LogP contribution in [0.1, 0.15) is 23.6 Å². The number of hydrogen-bond acceptors (Lipinski definition) is 7. The molecule has 2 aromatic rings. The molecule has 1 amide bonds. The number of anilines is 1. The summed E-state index contributed by atoms with van der Waals surface area (Å²) in [6.07, 6.45) is 4.75. The van der Waals surface area contributed by atoms with Crippen molar-refractivity contribution >= 4 is 28.5 Å². The van der Waals surface area contributed by atoms with Crippen LogP contribution < -0.4 is 16.2 Å². The van der Waals surface area contributed by atoms with E-state index in [1.807, 2.05) is 17.3 Å². The van der Waals surface area contributed by atoms with Gasteiger partial charge in [-0.05, 0) is 31.0 Å². The molecule has 3 heterocycles. The van der Waals surface area contributed by atoms with Gasteiger partial charge in [0.1, 0.15) is 17.8 Å². The molecule has 3 N–H and O–H groups in total. The maximum Gasteiger partial charge on any atom is 0.234 e. The molecule has 0 saturated carbocycles. The van der Waals surface area contributed by atoms with Gasteiger partial charge in [-0.25, -0.2) is 14.2 Å². The van der Waals surface area contributed by atoms with Crippen molar-refractivity contribution in [3.05, 3.63) is 77.6 Å². The lowest BCUT2D eigenvalue weighted by Crippen LogP contribution is -2.54. The third-order valence-electron chi connectivity index (χ3n) is 5.72. The molecular weight excluding hydrogens is 434 g/mol. The van der Waals surface area contributed by atoms with Crippen molar-refractivity contribution in [1.29, 1.82) is 0 Å². The standard InChI is InChI=1S/C22H22F2N6OS/c1-13-2-4-14(5-3-13)18-11-19-21-26-27-22(29(21)8-9-30(19)28-18)32-12-20(31)25-17-7-6-15(23)10-16(17)24/h2-10,18-19,21,26,28H,11-12H2,1H3,(H,25,31). The number of nitrogens with zero attached hydrogens (tertiary/aromatic N) is 3. The second-order valence-corrected chi connectivity index (χ2v) is 8.88. The number of hydrogen-bond donors (Lipinski definition) is 3. The topological polar surface area (TPSA) is 72.0 Å². The zero-order valence-electron chi connectivity index (χ0n) is 17.3. The van der Waals surface area contributed by atoms with E-state index in [-0.39, 0.29) is 29.7 Å². The number of rotatable bonds is 4. The summed E-state index contributed by atoms with van der Waals surface area (Å²) in [7, 11) is 0. The Kier molecular flexibility index (Phi) is 5.48. The fraction of sp³-hybridized carbons (Fsp3) is 0.273. The number of benzene rings is 2. The molecular formula is C22H22F2N6OS. The molecule has 0 radical (unpaired) electrons. The minimum absolute atomic E-state index is 0.0472. The van der Waals surface area contributed by atoms with Gasteiger partial charge in [0, 0.05) is 18.5 Å². The first-order valence-corrected chi connectivity index (χ1v) is 11.2. The fourth-order valence-corrected chi connectivity index (χ4v) is 4.85. The van der Waals surface area contributed by atoms with E-state index in [1.165, 1.54) is 29.0 Å². The van der Waals surface area contributed by atoms with Crippen LogP contribution in [0.4, 0.5) is 14.5 Å². The van der Waals surface area contributed by atoms with Crippen LogP contribution in [-0.2, 0) is 4.79 Å². The summed E-state index contributed by atoms with van der Waals surface area (Å²) in [5.74, 6) is -1.84. The Morgan fingerprint density at radius 2 is 2.03 bits per heavy atom. The molecule has 3 atom stereocenters. The summed E-state index contributed by atoms with van der Waals surface area (Å²) in [4.78, 5) is 14.3. The Hall–Kier alpha value is -3.11. The van der Waals surface area contributed by atoms with Crippen molar-refractivity contribution in [3.63, 3.8) is 0 Å². The van der Waals surface area contributed by atoms with Crippen LogP contribution in [0.2, 0.25) is 0 Å². The molecule has 0 aliphatic carbocycles. The molecule has 5 rings (SSSR count). The average Bonchev–Trinajstić information content (AvgIpc) is 3.38. The molecule has 2 aromatic carbocycles. The lowest BCUT2D eigenvalue weighted by atomic mass is 9.99. The van der Waals surface area contributed by atoms with Crippen molar-refractivity contribution in [3.8, 4) is 0 Å². The van der Waals surface area contributed by atoms with Gasteiger partial charge in [-0.1, -0.05) is 41.6 Å². The first kappa shape index (κ1) is 20.8. The summed E-state index contributed by atoms with van der Waals surface area (Å²) >= 11 is 1.25. The molecule has 166 valence electrons. The summed E-state index contributed by atoms with van der Waals surface area (Å²) in [5, 5.41) is 9.64. The van der Waals surface area contributed by atoms with Gasteiger partial charge in [-0.2, -0.15) is 5.10 Å². The number of aryl methyl sites for hydroxylation is 1. The second kappa shape index (κ2) is 8.44. The van der Waals surface area contributed by atoms with Gasteiger partial charge < -0.3 is 15.2 Å². The Balaban J connectivity index is 1.18. The third-order valence-corrected chi connectivity index (χ3v) is 6.69. The number of hydrazine groups is 1. The molecule has 3 unspecified atom stereocenters. The molecule has 3 aliphatic heterocycles. The first-order chi connectivity index (χ1) is 15.5. The fourth-order valence-electron chi connectivity index (χ4n) is 4.07. The highest BCUT2D eigenvalue weighted by molar-refractivity contribution is 8.14. The zero-order valence-corrected chi connectivity index (χ0v) is 18.1. The lowest BCUT2D eigenvalue weighted by Gasteiger charge is -2.36. The van der Waals surface area contributed by atoms with E-state index < -0.39 is 17.5 Å². The van der Waals surface area contributed by atoms with E-state index in [9.17, 15) is 13.6 Å². The average molecular weight is 457 g/mol. The van der Waals surface area contributed by atoms with Crippen LogP contribution in [0.25, 0.3) is 0 Å². The first-order valence-electron chi connectivity index (χ1n) is 10.3. The van der Waals surface area contributed by atoms with Crippen molar-refractivity contribution in [2.45, 2.75) is 31.6 Å². The molecule has 0 aromatic heterocycles. The van der Waals surface area contributed by atoms with Gasteiger partial charge >= 0.3 is 0 Å². The molecule has 0 spiro atoms.